The first-order chi connectivity index (χ1) is 12.6. The molecule has 4 aliphatic rings. The minimum Gasteiger partial charge on any atom is -0.336 e. The van der Waals surface area contributed by atoms with Crippen LogP contribution in [0.1, 0.15) is 37.9 Å². The quantitative estimate of drug-likeness (QED) is 0.675. The summed E-state index contributed by atoms with van der Waals surface area (Å²) in [6, 6.07) is 0. The molecule has 2 atom stereocenters. The van der Waals surface area contributed by atoms with Gasteiger partial charge >= 0.3 is 5.69 Å². The van der Waals surface area contributed by atoms with E-state index in [1.807, 2.05) is 0 Å². The number of H-pyrrole nitrogens is 1. The van der Waals surface area contributed by atoms with Crippen molar-refractivity contribution in [3.8, 4) is 12.3 Å². The number of nitrogens with one attached hydrogen (secondary N) is 1. The second kappa shape index (κ2) is 5.23. The molecule has 0 radical (unpaired) electrons. The SMILES string of the molecule is C#CCn1c(=O)c2[nH]c(C34CC5CC(CC3C5)C4)nc2n(CC=C)c1=O. The van der Waals surface area contributed by atoms with Crippen LogP contribution in [-0.4, -0.2) is 19.1 Å². The van der Waals surface area contributed by atoms with Crippen LogP contribution in [0.25, 0.3) is 11.2 Å². The van der Waals surface area contributed by atoms with Crippen molar-refractivity contribution in [2.45, 2.75) is 50.6 Å². The lowest BCUT2D eigenvalue weighted by Gasteiger charge is -2.30. The lowest BCUT2D eigenvalue weighted by atomic mass is 9.75. The fourth-order valence-corrected chi connectivity index (χ4v) is 6.11. The fraction of sp³-hybridized carbons (Fsp3) is 0.550. The van der Waals surface area contributed by atoms with Crippen molar-refractivity contribution >= 4 is 11.2 Å². The van der Waals surface area contributed by atoms with Crippen LogP contribution in [-0.2, 0) is 18.5 Å². The highest BCUT2D eigenvalue weighted by atomic mass is 16.2. The largest absolute Gasteiger partial charge is 0.336 e. The summed E-state index contributed by atoms with van der Waals surface area (Å²) in [6.45, 7) is 3.98. The van der Waals surface area contributed by atoms with Crippen LogP contribution in [0.4, 0.5) is 0 Å². The van der Waals surface area contributed by atoms with Gasteiger partial charge in [0, 0.05) is 12.0 Å². The summed E-state index contributed by atoms with van der Waals surface area (Å²) >= 11 is 0. The molecule has 4 aliphatic carbocycles. The highest BCUT2D eigenvalue weighted by molar-refractivity contribution is 5.70. The Morgan fingerprint density at radius 3 is 2.65 bits per heavy atom. The molecule has 1 N–H and O–H groups in total. The number of rotatable bonds is 4. The van der Waals surface area contributed by atoms with E-state index in [-0.39, 0.29) is 17.5 Å². The first-order valence-corrected chi connectivity index (χ1v) is 9.35. The molecular weight excluding hydrogens is 328 g/mol. The van der Waals surface area contributed by atoms with Crippen molar-refractivity contribution in [3.05, 3.63) is 39.3 Å². The maximum atomic E-state index is 12.8. The predicted octanol–water partition coefficient (Wildman–Crippen LogP) is 1.78. The van der Waals surface area contributed by atoms with Crippen molar-refractivity contribution in [1.82, 2.24) is 19.1 Å². The lowest BCUT2D eigenvalue weighted by molar-refractivity contribution is 0.262. The molecule has 2 heterocycles. The lowest BCUT2D eigenvalue weighted by Crippen LogP contribution is -2.39. The van der Waals surface area contributed by atoms with Gasteiger partial charge in [-0.05, 0) is 49.9 Å². The number of fused-ring (bicyclic) bond motifs is 1. The Bertz CT molecular complexity index is 1070. The molecule has 2 aromatic heterocycles. The molecule has 6 nitrogen and oxygen atoms in total. The molecule has 26 heavy (non-hydrogen) atoms. The summed E-state index contributed by atoms with van der Waals surface area (Å²) in [6.07, 6.45) is 13.2. The van der Waals surface area contributed by atoms with E-state index in [1.54, 1.807) is 6.08 Å². The number of hydrogen-bond acceptors (Lipinski definition) is 3. The molecule has 2 unspecified atom stereocenters. The molecule has 134 valence electrons. The summed E-state index contributed by atoms with van der Waals surface area (Å²) in [4.78, 5) is 33.7. The van der Waals surface area contributed by atoms with Crippen molar-refractivity contribution in [2.75, 3.05) is 0 Å². The molecule has 4 bridgehead atoms. The zero-order valence-electron chi connectivity index (χ0n) is 14.7. The van der Waals surface area contributed by atoms with Gasteiger partial charge in [0.05, 0.1) is 6.54 Å². The average molecular weight is 350 g/mol. The van der Waals surface area contributed by atoms with Crippen LogP contribution in [0, 0.1) is 30.1 Å². The van der Waals surface area contributed by atoms with Gasteiger partial charge in [-0.3, -0.25) is 9.36 Å². The Morgan fingerprint density at radius 1 is 1.27 bits per heavy atom. The minimum absolute atomic E-state index is 0.0446. The van der Waals surface area contributed by atoms with Crippen LogP contribution < -0.4 is 11.2 Å². The van der Waals surface area contributed by atoms with Gasteiger partial charge in [0.15, 0.2) is 5.65 Å². The number of terminal acetylenes is 1. The van der Waals surface area contributed by atoms with Crippen molar-refractivity contribution < 1.29 is 0 Å². The number of imidazole rings is 1. The fourth-order valence-electron chi connectivity index (χ4n) is 6.11. The molecule has 0 aromatic carbocycles. The topological polar surface area (TPSA) is 72.7 Å². The van der Waals surface area contributed by atoms with Gasteiger partial charge in [-0.25, -0.2) is 14.3 Å². The maximum absolute atomic E-state index is 12.8. The number of aromatic amines is 1. The monoisotopic (exact) mass is 350 g/mol. The summed E-state index contributed by atoms with van der Waals surface area (Å²) in [5, 5.41) is 0. The Labute approximate surface area is 150 Å². The van der Waals surface area contributed by atoms with Gasteiger partial charge in [-0.15, -0.1) is 13.0 Å². The third kappa shape index (κ3) is 1.86. The Hall–Kier alpha value is -2.55. The van der Waals surface area contributed by atoms with Gasteiger partial charge in [0.25, 0.3) is 5.56 Å². The zero-order chi connectivity index (χ0) is 18.1. The number of nitrogens with zero attached hydrogens (tertiary/aromatic N) is 3. The first kappa shape index (κ1) is 15.7. The molecule has 4 fully saturated rings. The van der Waals surface area contributed by atoms with E-state index in [4.69, 9.17) is 11.4 Å². The van der Waals surface area contributed by atoms with E-state index in [0.29, 0.717) is 23.6 Å². The second-order valence-corrected chi connectivity index (χ2v) is 8.26. The van der Waals surface area contributed by atoms with Gasteiger partial charge < -0.3 is 4.98 Å². The van der Waals surface area contributed by atoms with Gasteiger partial charge in [-0.2, -0.15) is 0 Å². The van der Waals surface area contributed by atoms with Crippen LogP contribution in [0.15, 0.2) is 22.2 Å². The number of aromatic nitrogens is 4. The molecule has 6 rings (SSSR count). The van der Waals surface area contributed by atoms with E-state index in [2.05, 4.69) is 17.5 Å². The molecule has 0 amide bonds. The number of hydrogen-bond donors (Lipinski definition) is 1. The molecule has 0 spiro atoms. The van der Waals surface area contributed by atoms with Crippen LogP contribution in [0.3, 0.4) is 0 Å². The number of allylic oxidation sites excluding steroid dienone is 1. The Balaban J connectivity index is 1.76. The standard InChI is InChI=1S/C20H22N4O2/c1-3-5-23-16-15(17(25)24(6-4-2)19(23)26)21-18(22-16)20-10-12-7-13(11-20)9-14(20)8-12/h2-3,12-14H,1,5-11H2,(H,21,22). The van der Waals surface area contributed by atoms with E-state index >= 15 is 0 Å². The normalized spacial score (nSPS) is 31.6. The molecule has 0 saturated heterocycles. The Kier molecular flexibility index (Phi) is 3.15. The van der Waals surface area contributed by atoms with Crippen LogP contribution in [0.5, 0.6) is 0 Å². The summed E-state index contributed by atoms with van der Waals surface area (Å²) < 4.78 is 2.60. The zero-order valence-corrected chi connectivity index (χ0v) is 14.7. The van der Waals surface area contributed by atoms with E-state index in [1.165, 1.54) is 23.8 Å². The molecular formula is C20H22N4O2. The summed E-state index contributed by atoms with van der Waals surface area (Å²) in [5.74, 6) is 5.52. The summed E-state index contributed by atoms with van der Waals surface area (Å²) in [5.41, 5.74) is 0.0794. The molecule has 0 aliphatic heterocycles. The van der Waals surface area contributed by atoms with Gasteiger partial charge in [-0.1, -0.05) is 12.0 Å². The van der Waals surface area contributed by atoms with Crippen molar-refractivity contribution in [1.29, 1.82) is 0 Å². The van der Waals surface area contributed by atoms with Crippen LogP contribution in [0.2, 0.25) is 0 Å². The predicted molar refractivity (Wildman–Crippen MR) is 98.9 cm³/mol. The highest BCUT2D eigenvalue weighted by Crippen LogP contribution is 2.65. The van der Waals surface area contributed by atoms with Crippen molar-refractivity contribution in [3.63, 3.8) is 0 Å². The van der Waals surface area contributed by atoms with E-state index in [9.17, 15) is 9.59 Å². The molecule has 2 aromatic rings. The highest BCUT2D eigenvalue weighted by Gasteiger charge is 2.59. The van der Waals surface area contributed by atoms with Gasteiger partial charge in [0.2, 0.25) is 0 Å². The first-order valence-electron chi connectivity index (χ1n) is 9.35. The second-order valence-electron chi connectivity index (χ2n) is 8.26. The third-order valence-corrected chi connectivity index (χ3v) is 6.88. The maximum Gasteiger partial charge on any atom is 0.333 e. The molecule has 6 heteroatoms. The van der Waals surface area contributed by atoms with Crippen molar-refractivity contribution in [2.24, 2.45) is 17.8 Å². The van der Waals surface area contributed by atoms with E-state index in [0.717, 1.165) is 35.1 Å². The van der Waals surface area contributed by atoms with Gasteiger partial charge in [0.1, 0.15) is 11.3 Å². The third-order valence-electron chi connectivity index (χ3n) is 6.88. The minimum atomic E-state index is -0.423. The smallest absolute Gasteiger partial charge is 0.333 e. The molecule has 4 saturated carbocycles. The van der Waals surface area contributed by atoms with E-state index < -0.39 is 5.69 Å². The summed E-state index contributed by atoms with van der Waals surface area (Å²) in [7, 11) is 0. The Morgan fingerprint density at radius 2 is 2.00 bits per heavy atom. The average Bonchev–Trinajstić information content (AvgIpc) is 3.24. The van der Waals surface area contributed by atoms with Crippen LogP contribution >= 0.6 is 0 Å².